The third-order valence-electron chi connectivity index (χ3n) is 1.60. The van der Waals surface area contributed by atoms with E-state index in [9.17, 15) is 8.78 Å². The summed E-state index contributed by atoms with van der Waals surface area (Å²) in [6, 6.07) is 2.37. The average Bonchev–Trinajstić information content (AvgIpc) is 2.17. The summed E-state index contributed by atoms with van der Waals surface area (Å²) in [5.74, 6) is -1.86. The van der Waals surface area contributed by atoms with E-state index in [2.05, 4.69) is 0 Å². The summed E-state index contributed by atoms with van der Waals surface area (Å²) in [5, 5.41) is 0. The summed E-state index contributed by atoms with van der Waals surface area (Å²) in [7, 11) is 0. The minimum absolute atomic E-state index is 0.0114. The van der Waals surface area contributed by atoms with Crippen molar-refractivity contribution in [3.8, 4) is 11.5 Å². The second kappa shape index (κ2) is 4.79. The van der Waals surface area contributed by atoms with E-state index >= 15 is 0 Å². The minimum atomic E-state index is -0.784. The van der Waals surface area contributed by atoms with E-state index in [1.807, 2.05) is 0 Å². The van der Waals surface area contributed by atoms with E-state index in [4.69, 9.17) is 9.47 Å². The summed E-state index contributed by atoms with van der Waals surface area (Å²) in [4.78, 5) is 0. The molecule has 14 heavy (non-hydrogen) atoms. The molecule has 78 valence electrons. The molecule has 1 aromatic carbocycles. The van der Waals surface area contributed by atoms with Crippen LogP contribution in [0.4, 0.5) is 8.78 Å². The number of benzene rings is 1. The summed E-state index contributed by atoms with van der Waals surface area (Å²) in [5.41, 5.74) is 0. The number of hydrogen-bond donors (Lipinski definition) is 0. The lowest BCUT2D eigenvalue weighted by atomic mass is 10.3. The van der Waals surface area contributed by atoms with E-state index in [0.717, 1.165) is 6.07 Å². The van der Waals surface area contributed by atoms with Crippen molar-refractivity contribution in [3.05, 3.63) is 23.8 Å². The number of rotatable bonds is 4. The van der Waals surface area contributed by atoms with Crippen molar-refractivity contribution in [1.82, 2.24) is 0 Å². The zero-order valence-electron chi connectivity index (χ0n) is 8.14. The van der Waals surface area contributed by atoms with E-state index in [-0.39, 0.29) is 18.1 Å². The van der Waals surface area contributed by atoms with Crippen LogP contribution in [0.3, 0.4) is 0 Å². The molecule has 0 saturated heterocycles. The standard InChI is InChI=1S/C10H12F2O2/c1-3-13-8-6-5-7(11)10(9(8)12)14-4-2/h5-6H,3-4H2,1-2H3. The molecular formula is C10H12F2O2. The van der Waals surface area contributed by atoms with Gasteiger partial charge in [0.15, 0.2) is 17.3 Å². The summed E-state index contributed by atoms with van der Waals surface area (Å²) in [6.07, 6.45) is 0. The van der Waals surface area contributed by atoms with Crippen molar-refractivity contribution < 1.29 is 18.3 Å². The fourth-order valence-corrected chi connectivity index (χ4v) is 1.06. The van der Waals surface area contributed by atoms with Crippen LogP contribution in [0, 0.1) is 11.6 Å². The minimum Gasteiger partial charge on any atom is -0.491 e. The largest absolute Gasteiger partial charge is 0.491 e. The van der Waals surface area contributed by atoms with Crippen molar-refractivity contribution in [2.75, 3.05) is 13.2 Å². The number of ether oxygens (including phenoxy) is 2. The maximum Gasteiger partial charge on any atom is 0.209 e. The van der Waals surface area contributed by atoms with Crippen LogP contribution in [0.25, 0.3) is 0 Å². The van der Waals surface area contributed by atoms with Crippen LogP contribution >= 0.6 is 0 Å². The van der Waals surface area contributed by atoms with Gasteiger partial charge in [-0.1, -0.05) is 0 Å². The Kier molecular flexibility index (Phi) is 3.68. The molecule has 0 aromatic heterocycles. The first-order chi connectivity index (χ1) is 6.70. The van der Waals surface area contributed by atoms with Gasteiger partial charge in [-0.3, -0.25) is 0 Å². The zero-order chi connectivity index (χ0) is 10.6. The number of hydrogen-bond acceptors (Lipinski definition) is 2. The van der Waals surface area contributed by atoms with Gasteiger partial charge in [0.05, 0.1) is 13.2 Å². The van der Waals surface area contributed by atoms with Gasteiger partial charge < -0.3 is 9.47 Å². The summed E-state index contributed by atoms with van der Waals surface area (Å²) >= 11 is 0. The van der Waals surface area contributed by atoms with Gasteiger partial charge in [0.1, 0.15) is 0 Å². The molecule has 0 spiro atoms. The van der Waals surface area contributed by atoms with Gasteiger partial charge in [-0.25, -0.2) is 4.39 Å². The van der Waals surface area contributed by atoms with Gasteiger partial charge in [-0.05, 0) is 26.0 Å². The van der Waals surface area contributed by atoms with Gasteiger partial charge in [0.25, 0.3) is 0 Å². The Morgan fingerprint density at radius 2 is 1.71 bits per heavy atom. The lowest BCUT2D eigenvalue weighted by Gasteiger charge is -2.09. The quantitative estimate of drug-likeness (QED) is 0.747. The highest BCUT2D eigenvalue weighted by molar-refractivity contribution is 5.36. The first-order valence-electron chi connectivity index (χ1n) is 4.44. The van der Waals surface area contributed by atoms with Crippen LogP contribution in [-0.4, -0.2) is 13.2 Å². The second-order valence-electron chi connectivity index (χ2n) is 2.55. The average molecular weight is 202 g/mol. The Balaban J connectivity index is 3.05. The van der Waals surface area contributed by atoms with Crippen molar-refractivity contribution in [1.29, 1.82) is 0 Å². The van der Waals surface area contributed by atoms with Crippen molar-refractivity contribution >= 4 is 0 Å². The molecule has 0 heterocycles. The first-order valence-corrected chi connectivity index (χ1v) is 4.44. The van der Waals surface area contributed by atoms with Crippen LogP contribution in [0.2, 0.25) is 0 Å². The first kappa shape index (κ1) is 10.8. The molecule has 0 fully saturated rings. The fourth-order valence-electron chi connectivity index (χ4n) is 1.06. The lowest BCUT2D eigenvalue weighted by Crippen LogP contribution is -2.01. The Morgan fingerprint density at radius 1 is 1.07 bits per heavy atom. The maximum atomic E-state index is 13.4. The topological polar surface area (TPSA) is 18.5 Å². The van der Waals surface area contributed by atoms with Crippen LogP contribution < -0.4 is 9.47 Å². The smallest absolute Gasteiger partial charge is 0.209 e. The van der Waals surface area contributed by atoms with Crippen molar-refractivity contribution in [2.24, 2.45) is 0 Å². The zero-order valence-corrected chi connectivity index (χ0v) is 8.14. The SMILES string of the molecule is CCOc1ccc(F)c(OCC)c1F. The third-order valence-corrected chi connectivity index (χ3v) is 1.60. The molecule has 0 atom stereocenters. The summed E-state index contributed by atoms with van der Waals surface area (Å²) in [6.45, 7) is 3.92. The van der Waals surface area contributed by atoms with Gasteiger partial charge in [0.2, 0.25) is 5.82 Å². The molecule has 0 aliphatic rings. The van der Waals surface area contributed by atoms with E-state index in [0.29, 0.717) is 6.61 Å². The van der Waals surface area contributed by atoms with Crippen LogP contribution in [0.15, 0.2) is 12.1 Å². The maximum absolute atomic E-state index is 13.4. The highest BCUT2D eigenvalue weighted by Gasteiger charge is 2.15. The van der Waals surface area contributed by atoms with Gasteiger partial charge >= 0.3 is 0 Å². The Labute approximate surface area is 81.4 Å². The fraction of sp³-hybridized carbons (Fsp3) is 0.400. The molecule has 0 unspecified atom stereocenters. The lowest BCUT2D eigenvalue weighted by molar-refractivity contribution is 0.279. The monoisotopic (exact) mass is 202 g/mol. The molecule has 1 rings (SSSR count). The van der Waals surface area contributed by atoms with Gasteiger partial charge in [-0.2, -0.15) is 4.39 Å². The third kappa shape index (κ3) is 2.13. The van der Waals surface area contributed by atoms with Gasteiger partial charge in [-0.15, -0.1) is 0 Å². The van der Waals surface area contributed by atoms with Crippen molar-refractivity contribution in [3.63, 3.8) is 0 Å². The Bertz CT molecular complexity index is 313. The van der Waals surface area contributed by atoms with Gasteiger partial charge in [0, 0.05) is 0 Å². The van der Waals surface area contributed by atoms with Crippen LogP contribution in [0.1, 0.15) is 13.8 Å². The normalized spacial score (nSPS) is 10.0. The van der Waals surface area contributed by atoms with E-state index in [1.54, 1.807) is 13.8 Å². The molecule has 2 nitrogen and oxygen atoms in total. The molecule has 0 bridgehead atoms. The predicted octanol–water partition coefficient (Wildman–Crippen LogP) is 2.76. The molecule has 1 aromatic rings. The van der Waals surface area contributed by atoms with Crippen LogP contribution in [0.5, 0.6) is 11.5 Å². The Hall–Kier alpha value is -1.32. The molecule has 4 heteroatoms. The molecule has 0 amide bonds. The second-order valence-corrected chi connectivity index (χ2v) is 2.55. The molecule has 0 radical (unpaired) electrons. The van der Waals surface area contributed by atoms with E-state index in [1.165, 1.54) is 6.07 Å². The highest BCUT2D eigenvalue weighted by Crippen LogP contribution is 2.29. The highest BCUT2D eigenvalue weighted by atomic mass is 19.1. The van der Waals surface area contributed by atoms with Crippen molar-refractivity contribution in [2.45, 2.75) is 13.8 Å². The molecule has 0 N–H and O–H groups in total. The number of halogens is 2. The Morgan fingerprint density at radius 3 is 2.29 bits per heavy atom. The van der Waals surface area contributed by atoms with E-state index < -0.39 is 11.6 Å². The molecular weight excluding hydrogens is 190 g/mol. The molecule has 0 aliphatic heterocycles. The molecule has 0 aliphatic carbocycles. The summed E-state index contributed by atoms with van der Waals surface area (Å²) < 4.78 is 36.2. The molecule has 0 saturated carbocycles. The van der Waals surface area contributed by atoms with Crippen LogP contribution in [-0.2, 0) is 0 Å². The predicted molar refractivity (Wildman–Crippen MR) is 48.7 cm³/mol.